The Bertz CT molecular complexity index is 352. The molecule has 2 heteroatoms. The molecule has 0 aromatic heterocycles. The van der Waals surface area contributed by atoms with Crippen molar-refractivity contribution in [3.05, 3.63) is 24.3 Å². The number of oxime groups is 1. The van der Waals surface area contributed by atoms with Gasteiger partial charge in [-0.05, 0) is 31.6 Å². The van der Waals surface area contributed by atoms with Crippen molar-refractivity contribution in [2.75, 3.05) is 7.11 Å². The normalized spacial score (nSPS) is 37.7. The van der Waals surface area contributed by atoms with E-state index in [1.54, 1.807) is 7.11 Å². The Hall–Kier alpha value is -1.05. The van der Waals surface area contributed by atoms with Crippen molar-refractivity contribution in [2.45, 2.75) is 39.5 Å². The smallest absolute Gasteiger partial charge is 0.106 e. The lowest BCUT2D eigenvalue weighted by Crippen LogP contribution is -2.27. The first-order chi connectivity index (χ1) is 8.16. The van der Waals surface area contributed by atoms with Crippen LogP contribution in [0.3, 0.4) is 0 Å². The van der Waals surface area contributed by atoms with Crippen molar-refractivity contribution in [1.82, 2.24) is 0 Å². The van der Waals surface area contributed by atoms with Gasteiger partial charge in [-0.1, -0.05) is 43.3 Å². The summed E-state index contributed by atoms with van der Waals surface area (Å²) in [6, 6.07) is 0. The molecular weight excluding hydrogens is 210 g/mol. The number of fused-ring (bicyclic) bond motifs is 2. The molecule has 2 bridgehead atoms. The SMILES string of the molecule is CO/N=C1/C2/C=C\C=C/CCCC(C2)C1(C)C. The highest BCUT2D eigenvalue weighted by Crippen LogP contribution is 2.47. The molecule has 1 saturated carbocycles. The summed E-state index contributed by atoms with van der Waals surface area (Å²) in [5, 5.41) is 4.30. The summed E-state index contributed by atoms with van der Waals surface area (Å²) in [7, 11) is 1.65. The lowest BCUT2D eigenvalue weighted by atomic mass is 9.78. The second kappa shape index (κ2) is 5.07. The summed E-state index contributed by atoms with van der Waals surface area (Å²) in [6.45, 7) is 4.63. The lowest BCUT2D eigenvalue weighted by molar-refractivity contribution is 0.205. The average Bonchev–Trinajstić information content (AvgIpc) is 2.52. The largest absolute Gasteiger partial charge is 0.399 e. The molecule has 0 spiro atoms. The molecule has 17 heavy (non-hydrogen) atoms. The molecule has 0 radical (unpaired) electrons. The van der Waals surface area contributed by atoms with E-state index in [2.05, 4.69) is 43.3 Å². The van der Waals surface area contributed by atoms with E-state index < -0.39 is 0 Å². The van der Waals surface area contributed by atoms with Crippen molar-refractivity contribution >= 4 is 5.71 Å². The van der Waals surface area contributed by atoms with Crippen LogP contribution in [-0.4, -0.2) is 12.8 Å². The van der Waals surface area contributed by atoms with Gasteiger partial charge in [0.25, 0.3) is 0 Å². The van der Waals surface area contributed by atoms with Crippen LogP contribution in [0, 0.1) is 17.3 Å². The highest BCUT2D eigenvalue weighted by Gasteiger charge is 2.45. The third kappa shape index (κ3) is 2.46. The van der Waals surface area contributed by atoms with Gasteiger partial charge < -0.3 is 4.84 Å². The fourth-order valence-electron chi connectivity index (χ4n) is 3.19. The number of nitrogens with zero attached hydrogens (tertiary/aromatic N) is 1. The maximum Gasteiger partial charge on any atom is 0.106 e. The zero-order valence-electron chi connectivity index (χ0n) is 11.1. The zero-order valence-corrected chi connectivity index (χ0v) is 11.1. The third-order valence-corrected chi connectivity index (χ3v) is 4.27. The van der Waals surface area contributed by atoms with Crippen molar-refractivity contribution < 1.29 is 4.84 Å². The third-order valence-electron chi connectivity index (χ3n) is 4.27. The van der Waals surface area contributed by atoms with Crippen LogP contribution in [0.1, 0.15) is 39.5 Å². The number of allylic oxidation sites excluding steroid dienone is 4. The van der Waals surface area contributed by atoms with Gasteiger partial charge in [0.15, 0.2) is 0 Å². The summed E-state index contributed by atoms with van der Waals surface area (Å²) >= 11 is 0. The van der Waals surface area contributed by atoms with E-state index in [0.29, 0.717) is 5.92 Å². The van der Waals surface area contributed by atoms with E-state index in [-0.39, 0.29) is 5.41 Å². The molecule has 0 saturated heterocycles. The van der Waals surface area contributed by atoms with Crippen LogP contribution in [0.15, 0.2) is 29.5 Å². The Morgan fingerprint density at radius 3 is 2.94 bits per heavy atom. The van der Waals surface area contributed by atoms with Crippen LogP contribution in [0.25, 0.3) is 0 Å². The second-order valence-corrected chi connectivity index (χ2v) is 5.66. The molecule has 0 N–H and O–H groups in total. The maximum atomic E-state index is 5.05. The topological polar surface area (TPSA) is 21.6 Å². The molecule has 0 aromatic carbocycles. The van der Waals surface area contributed by atoms with E-state index in [0.717, 1.165) is 5.92 Å². The van der Waals surface area contributed by atoms with E-state index in [9.17, 15) is 0 Å². The van der Waals surface area contributed by atoms with E-state index in [1.165, 1.54) is 31.4 Å². The molecule has 0 aliphatic heterocycles. The fraction of sp³-hybridized carbons (Fsp3) is 0.667. The van der Waals surface area contributed by atoms with Gasteiger partial charge in [0.2, 0.25) is 0 Å². The minimum Gasteiger partial charge on any atom is -0.399 e. The Kier molecular flexibility index (Phi) is 3.70. The summed E-state index contributed by atoms with van der Waals surface area (Å²) in [4.78, 5) is 5.05. The van der Waals surface area contributed by atoms with Crippen LogP contribution < -0.4 is 0 Å². The van der Waals surface area contributed by atoms with Crippen LogP contribution in [-0.2, 0) is 4.84 Å². The predicted octanol–water partition coefficient (Wildman–Crippen LogP) is 3.95. The molecule has 2 aliphatic carbocycles. The molecule has 0 amide bonds. The minimum absolute atomic E-state index is 0.176. The van der Waals surface area contributed by atoms with Crippen LogP contribution in [0.2, 0.25) is 0 Å². The summed E-state index contributed by atoms with van der Waals surface area (Å²) in [5.74, 6) is 1.19. The van der Waals surface area contributed by atoms with Gasteiger partial charge >= 0.3 is 0 Å². The minimum atomic E-state index is 0.176. The first-order valence-electron chi connectivity index (χ1n) is 6.61. The van der Waals surface area contributed by atoms with Gasteiger partial charge in [0, 0.05) is 11.3 Å². The van der Waals surface area contributed by atoms with E-state index >= 15 is 0 Å². The van der Waals surface area contributed by atoms with Crippen molar-refractivity contribution in [1.29, 1.82) is 0 Å². The van der Waals surface area contributed by atoms with Gasteiger partial charge in [-0.2, -0.15) is 0 Å². The Morgan fingerprint density at radius 2 is 2.18 bits per heavy atom. The maximum absolute atomic E-state index is 5.05. The van der Waals surface area contributed by atoms with Crippen LogP contribution in [0.4, 0.5) is 0 Å². The molecular formula is C15H23NO. The highest BCUT2D eigenvalue weighted by atomic mass is 16.6. The van der Waals surface area contributed by atoms with Gasteiger partial charge in [0.1, 0.15) is 7.11 Å². The summed E-state index contributed by atoms with van der Waals surface area (Å²) in [5.41, 5.74) is 1.39. The summed E-state index contributed by atoms with van der Waals surface area (Å²) in [6.07, 6.45) is 13.9. The number of rotatable bonds is 1. The Balaban J connectivity index is 2.31. The van der Waals surface area contributed by atoms with Gasteiger partial charge in [0.05, 0.1) is 5.71 Å². The first kappa shape index (κ1) is 12.4. The molecule has 0 aromatic rings. The molecule has 2 aliphatic rings. The predicted molar refractivity (Wildman–Crippen MR) is 72.0 cm³/mol. The molecule has 2 rings (SSSR count). The molecule has 2 nitrogen and oxygen atoms in total. The standard InChI is InChI=1S/C15H23NO/c1-15(2)13-10-8-6-4-5-7-9-12(11-13)14(15)16-17-3/h4-5,7,9,12-13H,6,8,10-11H2,1-3H3/b5-4-,9-7-,16-14-. The Morgan fingerprint density at radius 1 is 1.35 bits per heavy atom. The molecule has 1 fully saturated rings. The fourth-order valence-corrected chi connectivity index (χ4v) is 3.19. The van der Waals surface area contributed by atoms with Gasteiger partial charge in [-0.15, -0.1) is 0 Å². The monoisotopic (exact) mass is 233 g/mol. The quantitative estimate of drug-likeness (QED) is 0.628. The lowest BCUT2D eigenvalue weighted by Gasteiger charge is -2.27. The molecule has 0 heterocycles. The van der Waals surface area contributed by atoms with Crippen molar-refractivity contribution in [2.24, 2.45) is 22.4 Å². The average molecular weight is 233 g/mol. The highest BCUT2D eigenvalue weighted by molar-refractivity contribution is 5.95. The van der Waals surface area contributed by atoms with E-state index in [1.807, 2.05) is 0 Å². The van der Waals surface area contributed by atoms with Crippen LogP contribution in [0.5, 0.6) is 0 Å². The van der Waals surface area contributed by atoms with Gasteiger partial charge in [-0.25, -0.2) is 0 Å². The zero-order chi connectivity index (χ0) is 12.3. The number of hydrogen-bond acceptors (Lipinski definition) is 2. The van der Waals surface area contributed by atoms with Crippen LogP contribution >= 0.6 is 0 Å². The molecule has 2 atom stereocenters. The van der Waals surface area contributed by atoms with E-state index in [4.69, 9.17) is 4.84 Å². The number of hydrogen-bond donors (Lipinski definition) is 0. The van der Waals surface area contributed by atoms with Crippen molar-refractivity contribution in [3.8, 4) is 0 Å². The summed E-state index contributed by atoms with van der Waals surface area (Å²) < 4.78 is 0. The molecule has 94 valence electrons. The first-order valence-corrected chi connectivity index (χ1v) is 6.61. The Labute approximate surface area is 104 Å². The second-order valence-electron chi connectivity index (χ2n) is 5.66. The molecule has 2 unspecified atom stereocenters. The van der Waals surface area contributed by atoms with Crippen molar-refractivity contribution in [3.63, 3.8) is 0 Å². The van der Waals surface area contributed by atoms with Gasteiger partial charge in [-0.3, -0.25) is 0 Å².